The summed E-state index contributed by atoms with van der Waals surface area (Å²) in [5.74, 6) is 0.376. The van der Waals surface area contributed by atoms with Crippen molar-refractivity contribution in [2.24, 2.45) is 4.99 Å². The number of nitrogens with zero attached hydrogens (tertiary/aromatic N) is 4. The molecule has 0 radical (unpaired) electrons. The van der Waals surface area contributed by atoms with Crippen LogP contribution in [0.4, 0.5) is 11.4 Å². The number of pyridine rings is 1. The molecule has 0 fully saturated rings. The lowest BCUT2D eigenvalue weighted by atomic mass is 10.1. The van der Waals surface area contributed by atoms with Crippen LogP contribution in [0.3, 0.4) is 0 Å². The molecule has 10 heteroatoms. The van der Waals surface area contributed by atoms with Gasteiger partial charge in [0, 0.05) is 55.2 Å². The molecule has 0 bridgehead atoms. The lowest BCUT2D eigenvalue weighted by Crippen LogP contribution is -2.27. The van der Waals surface area contributed by atoms with Gasteiger partial charge in [0.25, 0.3) is 10.1 Å². The number of aliphatic imine (C=N–C) groups is 1. The third-order valence-corrected chi connectivity index (χ3v) is 6.66. The quantitative estimate of drug-likeness (QED) is 0.102. The Hall–Kier alpha value is -3.68. The second kappa shape index (κ2) is 12.7. The van der Waals surface area contributed by atoms with Gasteiger partial charge in [0.15, 0.2) is 6.19 Å². The largest absolute Gasteiger partial charge is 0.377 e. The van der Waals surface area contributed by atoms with Crippen molar-refractivity contribution in [3.8, 4) is 6.19 Å². The molecule has 2 aromatic carbocycles. The van der Waals surface area contributed by atoms with E-state index in [0.717, 1.165) is 36.0 Å². The molecule has 3 aromatic rings. The number of hydrogen-bond donors (Lipinski definition) is 2. The van der Waals surface area contributed by atoms with Crippen molar-refractivity contribution in [2.75, 3.05) is 37.5 Å². The lowest BCUT2D eigenvalue weighted by molar-refractivity contribution is 0.307. The van der Waals surface area contributed by atoms with Gasteiger partial charge in [-0.25, -0.2) is 0 Å². The monoisotopic (exact) mass is 494 g/mol. The summed E-state index contributed by atoms with van der Waals surface area (Å²) in [4.78, 5) is 10.5. The molecule has 0 unspecified atom stereocenters. The van der Waals surface area contributed by atoms with Crippen molar-refractivity contribution in [1.29, 1.82) is 5.26 Å². The molecule has 1 aromatic heterocycles. The topological polar surface area (TPSA) is 120 Å². The molecule has 0 saturated carbocycles. The van der Waals surface area contributed by atoms with Gasteiger partial charge in [-0.05, 0) is 37.1 Å². The normalized spacial score (nSPS) is 11.7. The minimum absolute atomic E-state index is 0.125. The molecule has 0 aliphatic rings. The molecular weight excluding hydrogens is 464 g/mol. The third kappa shape index (κ3) is 7.40. The van der Waals surface area contributed by atoms with Gasteiger partial charge in [-0.2, -0.15) is 13.7 Å². The molecule has 0 spiro atoms. The smallest absolute Gasteiger partial charge is 0.297 e. The average molecular weight is 495 g/mol. The summed E-state index contributed by atoms with van der Waals surface area (Å²) >= 11 is 0. The van der Waals surface area contributed by atoms with E-state index in [9.17, 15) is 8.42 Å². The molecule has 3 rings (SSSR count). The first-order valence-corrected chi connectivity index (χ1v) is 12.8. The van der Waals surface area contributed by atoms with Crippen LogP contribution < -0.4 is 15.5 Å². The second-order valence-corrected chi connectivity index (χ2v) is 9.62. The number of aromatic nitrogens is 1. The fraction of sp³-hybridized carbons (Fsp3) is 0.320. The maximum atomic E-state index is 12.9. The molecule has 0 saturated heterocycles. The van der Waals surface area contributed by atoms with E-state index >= 15 is 0 Å². The van der Waals surface area contributed by atoms with Crippen LogP contribution in [0.1, 0.15) is 25.7 Å². The number of unbranched alkanes of at least 4 members (excludes halogenated alkanes) is 3. The van der Waals surface area contributed by atoms with Crippen molar-refractivity contribution in [1.82, 2.24) is 10.3 Å². The van der Waals surface area contributed by atoms with Gasteiger partial charge in [-0.15, -0.1) is 0 Å². The highest BCUT2D eigenvalue weighted by molar-refractivity contribution is 7.87. The fourth-order valence-electron chi connectivity index (χ4n) is 3.60. The minimum atomic E-state index is -3.87. The number of benzene rings is 2. The van der Waals surface area contributed by atoms with E-state index in [4.69, 9.17) is 9.44 Å². The molecule has 0 aliphatic heterocycles. The SMILES string of the molecule is CN(C)c1cccc2c(S(=O)(=O)OCCCCCCN=C(NC#N)Nc3ccncc3)cccc12. The van der Waals surface area contributed by atoms with Gasteiger partial charge in [-0.3, -0.25) is 19.5 Å². The Morgan fingerprint density at radius 2 is 1.74 bits per heavy atom. The number of rotatable bonds is 11. The highest BCUT2D eigenvalue weighted by Crippen LogP contribution is 2.31. The molecule has 35 heavy (non-hydrogen) atoms. The van der Waals surface area contributed by atoms with Crippen LogP contribution in [-0.4, -0.2) is 46.6 Å². The molecule has 0 atom stereocenters. The Balaban J connectivity index is 1.46. The van der Waals surface area contributed by atoms with Crippen LogP contribution in [0, 0.1) is 11.5 Å². The maximum absolute atomic E-state index is 12.9. The van der Waals surface area contributed by atoms with Crippen molar-refractivity contribution in [2.45, 2.75) is 30.6 Å². The Morgan fingerprint density at radius 3 is 2.49 bits per heavy atom. The first-order chi connectivity index (χ1) is 16.9. The average Bonchev–Trinajstić information content (AvgIpc) is 2.85. The highest BCUT2D eigenvalue weighted by Gasteiger charge is 2.19. The summed E-state index contributed by atoms with van der Waals surface area (Å²) < 4.78 is 31.0. The summed E-state index contributed by atoms with van der Waals surface area (Å²) in [5.41, 5.74) is 1.73. The predicted octanol–water partition coefficient (Wildman–Crippen LogP) is 4.11. The van der Waals surface area contributed by atoms with E-state index in [-0.39, 0.29) is 11.5 Å². The molecule has 2 N–H and O–H groups in total. The molecule has 9 nitrogen and oxygen atoms in total. The van der Waals surface area contributed by atoms with Gasteiger partial charge in [0.1, 0.15) is 4.90 Å². The number of guanidine groups is 1. The van der Waals surface area contributed by atoms with E-state index in [0.29, 0.717) is 24.3 Å². The Labute approximate surface area is 206 Å². The van der Waals surface area contributed by atoms with Crippen LogP contribution in [0.25, 0.3) is 10.8 Å². The van der Waals surface area contributed by atoms with Gasteiger partial charge in [-0.1, -0.05) is 37.1 Å². The number of nitriles is 1. The van der Waals surface area contributed by atoms with Crippen molar-refractivity contribution in [3.05, 3.63) is 60.9 Å². The first kappa shape index (κ1) is 25.9. The number of anilines is 2. The second-order valence-electron chi connectivity index (χ2n) is 8.04. The van der Waals surface area contributed by atoms with Gasteiger partial charge < -0.3 is 10.2 Å². The summed E-state index contributed by atoms with van der Waals surface area (Å²) in [6, 6.07) is 14.4. The van der Waals surface area contributed by atoms with Crippen LogP contribution in [0.2, 0.25) is 0 Å². The Kier molecular flexibility index (Phi) is 9.40. The van der Waals surface area contributed by atoms with Crippen LogP contribution in [0.15, 0.2) is 70.8 Å². The molecular formula is C25H30N6O3S. The standard InChI is InChI=1S/C25H30N6O3S/c1-31(2)23-11-7-10-22-21(23)9-8-12-24(22)35(32,33)34-18-6-4-3-5-15-28-25(29-19-26)30-20-13-16-27-17-14-20/h7-14,16-17H,3-6,15,18H2,1-2H3,(H2,27,28,29,30). The van der Waals surface area contributed by atoms with E-state index in [1.165, 1.54) is 0 Å². The van der Waals surface area contributed by atoms with E-state index in [2.05, 4.69) is 20.6 Å². The Morgan fingerprint density at radius 1 is 1.03 bits per heavy atom. The number of hydrogen-bond acceptors (Lipinski definition) is 7. The molecule has 184 valence electrons. The zero-order valence-electron chi connectivity index (χ0n) is 19.9. The highest BCUT2D eigenvalue weighted by atomic mass is 32.2. The zero-order chi connectivity index (χ0) is 25.1. The molecule has 0 amide bonds. The van der Waals surface area contributed by atoms with Gasteiger partial charge in [0.2, 0.25) is 5.96 Å². The van der Waals surface area contributed by atoms with E-state index in [1.54, 1.807) is 42.7 Å². The zero-order valence-corrected chi connectivity index (χ0v) is 20.8. The lowest BCUT2D eigenvalue weighted by Gasteiger charge is -2.16. The van der Waals surface area contributed by atoms with Crippen molar-refractivity contribution < 1.29 is 12.6 Å². The van der Waals surface area contributed by atoms with Crippen molar-refractivity contribution >= 4 is 38.2 Å². The van der Waals surface area contributed by atoms with Crippen LogP contribution in [-0.2, 0) is 14.3 Å². The van der Waals surface area contributed by atoms with Crippen LogP contribution >= 0.6 is 0 Å². The molecule has 0 aliphatic carbocycles. The minimum Gasteiger partial charge on any atom is -0.377 e. The van der Waals surface area contributed by atoms with E-state index in [1.807, 2.05) is 43.4 Å². The summed E-state index contributed by atoms with van der Waals surface area (Å²) in [6.07, 6.45) is 8.26. The first-order valence-electron chi connectivity index (χ1n) is 11.4. The summed E-state index contributed by atoms with van der Waals surface area (Å²) in [5, 5.41) is 16.0. The predicted molar refractivity (Wildman–Crippen MR) is 139 cm³/mol. The van der Waals surface area contributed by atoms with Gasteiger partial charge in [0.05, 0.1) is 6.61 Å². The molecule has 1 heterocycles. The van der Waals surface area contributed by atoms with Crippen LogP contribution in [0.5, 0.6) is 0 Å². The maximum Gasteiger partial charge on any atom is 0.297 e. The summed E-state index contributed by atoms with van der Waals surface area (Å²) in [7, 11) is -0.0126. The number of fused-ring (bicyclic) bond motifs is 1. The third-order valence-electron chi connectivity index (χ3n) is 5.29. The van der Waals surface area contributed by atoms with E-state index < -0.39 is 10.1 Å². The summed E-state index contributed by atoms with van der Waals surface area (Å²) in [6.45, 7) is 0.658. The Bertz CT molecular complexity index is 1290. The number of nitrogens with one attached hydrogen (secondary N) is 2. The fourth-order valence-corrected chi connectivity index (χ4v) is 4.75. The van der Waals surface area contributed by atoms with Gasteiger partial charge >= 0.3 is 0 Å². The van der Waals surface area contributed by atoms with Crippen molar-refractivity contribution in [3.63, 3.8) is 0 Å².